The van der Waals surface area contributed by atoms with Crippen LogP contribution in [0, 0.1) is 0 Å². The van der Waals surface area contributed by atoms with Crippen LogP contribution in [0.3, 0.4) is 0 Å². The molecule has 0 aromatic heterocycles. The highest BCUT2D eigenvalue weighted by molar-refractivity contribution is 7.99. The van der Waals surface area contributed by atoms with Crippen molar-refractivity contribution >= 4 is 20.8 Å². The van der Waals surface area contributed by atoms with Crippen LogP contribution in [0.25, 0.3) is 0 Å². The van der Waals surface area contributed by atoms with E-state index in [0.717, 1.165) is 21.6 Å². The van der Waals surface area contributed by atoms with Gasteiger partial charge in [-0.1, -0.05) is 121 Å². The second kappa shape index (κ2) is 16.2. The molecule has 0 aliphatic carbocycles. The lowest BCUT2D eigenvalue weighted by molar-refractivity contribution is -0.238. The fraction of sp³-hybridized carbons (Fsp3) is 0.314. The molecule has 4 aromatic rings. The van der Waals surface area contributed by atoms with Crippen molar-refractivity contribution < 1.29 is 23.4 Å². The van der Waals surface area contributed by atoms with Crippen LogP contribution < -0.4 is 0 Å². The van der Waals surface area contributed by atoms with Crippen LogP contribution in [-0.4, -0.2) is 45.5 Å². The zero-order chi connectivity index (χ0) is 29.0. The quantitative estimate of drug-likeness (QED) is 0.140. The van der Waals surface area contributed by atoms with Gasteiger partial charge in [0.15, 0.2) is 0 Å². The van der Waals surface area contributed by atoms with Crippen LogP contribution in [0.5, 0.6) is 0 Å². The van der Waals surface area contributed by atoms with E-state index in [4.69, 9.17) is 23.4 Å². The summed E-state index contributed by atoms with van der Waals surface area (Å²) in [5.41, 5.74) is 3.02. The van der Waals surface area contributed by atoms with Gasteiger partial charge in [0.1, 0.15) is 29.9 Å². The first-order valence-corrected chi connectivity index (χ1v) is 17.7. The first-order chi connectivity index (χ1) is 20.7. The summed E-state index contributed by atoms with van der Waals surface area (Å²) in [6.07, 6.45) is -1.45. The van der Waals surface area contributed by atoms with Crippen molar-refractivity contribution in [2.75, 3.05) is 6.61 Å². The standard InChI is InChI=1S/C35H39O5SSi/c1-42(2)40-34-33(38-25-29-19-11-5-12-20-29)32(37-24-28-17-9-4-10-18-28)31(26-36-23-27-15-7-3-8-16-27)39-35(34)41-30-21-13-6-14-22-30/h3-22,31-35H,23-26H2,1-2H3/t31-,32-,33+,34-,35+/m1/s1. The van der Waals surface area contributed by atoms with Crippen molar-refractivity contribution in [1.29, 1.82) is 0 Å². The first-order valence-electron chi connectivity index (χ1n) is 14.4. The summed E-state index contributed by atoms with van der Waals surface area (Å²) >= 11 is 1.67. The average Bonchev–Trinajstić information content (AvgIpc) is 3.02. The van der Waals surface area contributed by atoms with Crippen molar-refractivity contribution in [2.45, 2.75) is 67.7 Å². The molecule has 42 heavy (non-hydrogen) atoms. The number of thioether (sulfide) groups is 1. The van der Waals surface area contributed by atoms with Crippen molar-refractivity contribution in [1.82, 2.24) is 0 Å². The highest BCUT2D eigenvalue weighted by atomic mass is 32.2. The fourth-order valence-electron chi connectivity index (χ4n) is 4.93. The van der Waals surface area contributed by atoms with Crippen LogP contribution in [0.4, 0.5) is 0 Å². The summed E-state index contributed by atoms with van der Waals surface area (Å²) in [4.78, 5) is 1.12. The van der Waals surface area contributed by atoms with Gasteiger partial charge in [-0.3, -0.25) is 0 Å². The Morgan fingerprint density at radius 3 is 1.60 bits per heavy atom. The smallest absolute Gasteiger partial charge is 0.205 e. The van der Waals surface area contributed by atoms with Crippen LogP contribution in [-0.2, 0) is 43.2 Å². The van der Waals surface area contributed by atoms with E-state index < -0.39 is 15.1 Å². The number of hydrogen-bond acceptors (Lipinski definition) is 6. The molecule has 219 valence electrons. The molecule has 1 fully saturated rings. The molecule has 0 spiro atoms. The third kappa shape index (κ3) is 9.12. The Morgan fingerprint density at radius 2 is 1.07 bits per heavy atom. The summed E-state index contributed by atoms with van der Waals surface area (Å²) in [6.45, 7) is 6.06. The van der Waals surface area contributed by atoms with E-state index in [-0.39, 0.29) is 23.7 Å². The van der Waals surface area contributed by atoms with Gasteiger partial charge in [-0.05, 0) is 41.9 Å². The third-order valence-electron chi connectivity index (χ3n) is 6.92. The Kier molecular flexibility index (Phi) is 11.8. The number of ether oxygens (including phenoxy) is 4. The SMILES string of the molecule is C[Si](C)O[C@@H]1[C@@H](OCc2ccccc2)[C@H](OCc2ccccc2)[C@@H](COCc2ccccc2)O[C@H]1Sc1ccccc1. The molecular weight excluding hydrogens is 561 g/mol. The lowest BCUT2D eigenvalue weighted by Gasteiger charge is -2.46. The van der Waals surface area contributed by atoms with Crippen LogP contribution in [0.2, 0.25) is 13.1 Å². The molecule has 1 saturated heterocycles. The molecule has 0 amide bonds. The molecule has 1 aliphatic rings. The predicted molar refractivity (Wildman–Crippen MR) is 169 cm³/mol. The van der Waals surface area contributed by atoms with E-state index in [0.29, 0.717) is 26.4 Å². The summed E-state index contributed by atoms with van der Waals surface area (Å²) < 4.78 is 33.3. The van der Waals surface area contributed by atoms with Crippen LogP contribution in [0.1, 0.15) is 16.7 Å². The van der Waals surface area contributed by atoms with Gasteiger partial charge in [0.25, 0.3) is 0 Å². The van der Waals surface area contributed by atoms with E-state index in [2.05, 4.69) is 61.6 Å². The minimum Gasteiger partial charge on any atom is -0.408 e. The zero-order valence-electron chi connectivity index (χ0n) is 24.2. The maximum absolute atomic E-state index is 6.85. The van der Waals surface area contributed by atoms with Crippen molar-refractivity contribution in [3.8, 4) is 0 Å². The van der Waals surface area contributed by atoms with E-state index >= 15 is 0 Å². The Balaban J connectivity index is 1.43. The zero-order valence-corrected chi connectivity index (χ0v) is 26.0. The maximum atomic E-state index is 6.85. The second-order valence-electron chi connectivity index (χ2n) is 10.5. The Labute approximate surface area is 255 Å². The molecule has 1 aliphatic heterocycles. The van der Waals surface area contributed by atoms with Gasteiger partial charge in [-0.25, -0.2) is 0 Å². The Bertz CT molecular complexity index is 1300. The highest BCUT2D eigenvalue weighted by Gasteiger charge is 2.49. The van der Waals surface area contributed by atoms with Gasteiger partial charge in [0.05, 0.1) is 26.4 Å². The molecule has 1 heterocycles. The molecule has 5 rings (SSSR count). The molecule has 5 nitrogen and oxygen atoms in total. The van der Waals surface area contributed by atoms with Gasteiger partial charge in [0, 0.05) is 4.90 Å². The highest BCUT2D eigenvalue weighted by Crippen LogP contribution is 2.38. The summed E-state index contributed by atoms with van der Waals surface area (Å²) in [6, 6.07) is 41.0. The van der Waals surface area contributed by atoms with Gasteiger partial charge in [-0.2, -0.15) is 0 Å². The topological polar surface area (TPSA) is 46.2 Å². The van der Waals surface area contributed by atoms with Gasteiger partial charge in [-0.15, -0.1) is 0 Å². The Morgan fingerprint density at radius 1 is 0.595 bits per heavy atom. The van der Waals surface area contributed by atoms with E-state index in [1.807, 2.05) is 72.8 Å². The molecular formula is C35H39O5SSi. The van der Waals surface area contributed by atoms with Crippen molar-refractivity contribution in [3.63, 3.8) is 0 Å². The molecule has 0 unspecified atom stereocenters. The molecule has 0 N–H and O–H groups in total. The summed E-state index contributed by atoms with van der Waals surface area (Å²) in [5, 5.41) is 0. The van der Waals surface area contributed by atoms with Gasteiger partial charge < -0.3 is 23.4 Å². The molecule has 7 heteroatoms. The fourth-order valence-corrected chi connectivity index (χ4v) is 6.96. The minimum absolute atomic E-state index is 0.296. The first kappa shape index (κ1) is 30.7. The summed E-state index contributed by atoms with van der Waals surface area (Å²) in [5.74, 6) is 0. The largest absolute Gasteiger partial charge is 0.408 e. The van der Waals surface area contributed by atoms with E-state index in [9.17, 15) is 0 Å². The average molecular weight is 600 g/mol. The van der Waals surface area contributed by atoms with Gasteiger partial charge in [0.2, 0.25) is 9.04 Å². The normalized spacial score (nSPS) is 22.3. The number of rotatable bonds is 14. The predicted octanol–water partition coefficient (Wildman–Crippen LogP) is 7.53. The monoisotopic (exact) mass is 599 g/mol. The van der Waals surface area contributed by atoms with E-state index in [1.54, 1.807) is 11.8 Å². The minimum atomic E-state index is -1.09. The van der Waals surface area contributed by atoms with Crippen LogP contribution >= 0.6 is 11.8 Å². The second-order valence-corrected chi connectivity index (χ2v) is 13.7. The van der Waals surface area contributed by atoms with Crippen LogP contribution in [0.15, 0.2) is 126 Å². The van der Waals surface area contributed by atoms with Crippen molar-refractivity contribution in [2.24, 2.45) is 0 Å². The molecule has 4 aromatic carbocycles. The Hall–Kier alpha value is -2.75. The van der Waals surface area contributed by atoms with E-state index in [1.165, 1.54) is 0 Å². The molecule has 1 radical (unpaired) electrons. The molecule has 0 saturated carbocycles. The lowest BCUT2D eigenvalue weighted by atomic mass is 9.99. The van der Waals surface area contributed by atoms with Crippen molar-refractivity contribution in [3.05, 3.63) is 138 Å². The lowest BCUT2D eigenvalue weighted by Crippen LogP contribution is -2.61. The summed E-state index contributed by atoms with van der Waals surface area (Å²) in [7, 11) is -1.09. The third-order valence-corrected chi connectivity index (χ3v) is 8.82. The number of hydrogen-bond donors (Lipinski definition) is 0. The maximum Gasteiger partial charge on any atom is 0.205 e. The molecule has 0 bridgehead atoms. The molecule has 5 atom stereocenters. The van der Waals surface area contributed by atoms with Gasteiger partial charge >= 0.3 is 0 Å². The number of benzene rings is 4.